The van der Waals surface area contributed by atoms with Crippen LogP contribution in [0.4, 0.5) is 28.9 Å². The van der Waals surface area contributed by atoms with Crippen LogP contribution in [0.5, 0.6) is 0 Å². The first kappa shape index (κ1) is 20.3. The van der Waals surface area contributed by atoms with E-state index in [4.69, 9.17) is 0 Å². The number of imide groups is 1. The lowest BCUT2D eigenvalue weighted by atomic mass is 10.0. The van der Waals surface area contributed by atoms with E-state index in [-0.39, 0.29) is 17.0 Å². The maximum atomic E-state index is 14.4. The smallest absolute Gasteiger partial charge is 0.282 e. The number of nitrogens with zero attached hydrogens (tertiary/aromatic N) is 1. The molecule has 0 saturated carbocycles. The standard InChI is InChI=1S/C23H14F4N2O2/c1-12-2-4-13(5-3-12)20-21(28-15-7-8-16(25)17(26)11-15)23(31)29(22(20)30)19-9-6-14(24)10-18(19)27/h2-11,28H,1H3. The minimum atomic E-state index is -1.15. The molecule has 0 aromatic heterocycles. The van der Waals surface area contributed by atoms with Gasteiger partial charge in [-0.2, -0.15) is 0 Å². The molecule has 0 bridgehead atoms. The van der Waals surface area contributed by atoms with E-state index in [1.807, 2.05) is 6.92 Å². The minimum Gasteiger partial charge on any atom is -0.350 e. The first-order valence-corrected chi connectivity index (χ1v) is 9.13. The third-order valence-corrected chi connectivity index (χ3v) is 4.76. The Morgan fingerprint density at radius 2 is 1.45 bits per heavy atom. The fourth-order valence-corrected chi connectivity index (χ4v) is 3.23. The molecule has 1 heterocycles. The highest BCUT2D eigenvalue weighted by molar-refractivity contribution is 6.46. The number of rotatable bonds is 4. The highest BCUT2D eigenvalue weighted by Crippen LogP contribution is 2.35. The maximum Gasteiger partial charge on any atom is 0.282 e. The van der Waals surface area contributed by atoms with Crippen molar-refractivity contribution in [3.05, 3.63) is 101 Å². The summed E-state index contributed by atoms with van der Waals surface area (Å²) in [5, 5.41) is 2.65. The third kappa shape index (κ3) is 3.68. The molecule has 0 atom stereocenters. The van der Waals surface area contributed by atoms with Crippen molar-refractivity contribution >= 4 is 28.8 Å². The van der Waals surface area contributed by atoms with Gasteiger partial charge in [-0.3, -0.25) is 9.59 Å². The molecular formula is C23H14F4N2O2. The second kappa shape index (κ2) is 7.71. The number of hydrogen-bond acceptors (Lipinski definition) is 3. The predicted molar refractivity (Wildman–Crippen MR) is 107 cm³/mol. The normalized spacial score (nSPS) is 13.9. The number of amides is 2. The summed E-state index contributed by atoms with van der Waals surface area (Å²) in [5.74, 6) is -5.96. The van der Waals surface area contributed by atoms with Gasteiger partial charge in [-0.1, -0.05) is 29.8 Å². The van der Waals surface area contributed by atoms with Gasteiger partial charge in [0.1, 0.15) is 17.3 Å². The Hall–Kier alpha value is -3.94. The number of carbonyl (C=O) groups excluding carboxylic acids is 2. The summed E-state index contributed by atoms with van der Waals surface area (Å²) >= 11 is 0. The monoisotopic (exact) mass is 426 g/mol. The van der Waals surface area contributed by atoms with Crippen molar-refractivity contribution < 1.29 is 27.2 Å². The molecule has 2 amide bonds. The van der Waals surface area contributed by atoms with Crippen LogP contribution in [0.3, 0.4) is 0 Å². The molecule has 0 aliphatic carbocycles. The van der Waals surface area contributed by atoms with Gasteiger partial charge in [0.15, 0.2) is 11.6 Å². The first-order chi connectivity index (χ1) is 14.8. The minimum absolute atomic E-state index is 0.0149. The summed E-state index contributed by atoms with van der Waals surface area (Å²) in [5.41, 5.74) is 0.517. The molecule has 8 heteroatoms. The van der Waals surface area contributed by atoms with Gasteiger partial charge in [0, 0.05) is 17.8 Å². The van der Waals surface area contributed by atoms with Crippen LogP contribution < -0.4 is 10.2 Å². The van der Waals surface area contributed by atoms with Gasteiger partial charge in [0.05, 0.1) is 11.3 Å². The molecule has 4 nitrogen and oxygen atoms in total. The van der Waals surface area contributed by atoms with Gasteiger partial charge in [-0.15, -0.1) is 0 Å². The van der Waals surface area contributed by atoms with Crippen LogP contribution in [0, 0.1) is 30.2 Å². The summed E-state index contributed by atoms with van der Waals surface area (Å²) < 4.78 is 54.6. The molecule has 0 radical (unpaired) electrons. The predicted octanol–water partition coefficient (Wildman–Crippen LogP) is 4.95. The first-order valence-electron chi connectivity index (χ1n) is 9.13. The molecule has 31 heavy (non-hydrogen) atoms. The fourth-order valence-electron chi connectivity index (χ4n) is 3.23. The Bertz CT molecular complexity index is 1250. The molecule has 0 spiro atoms. The molecule has 3 aromatic rings. The number of nitrogens with one attached hydrogen (secondary N) is 1. The Morgan fingerprint density at radius 1 is 0.742 bits per heavy atom. The molecule has 1 aliphatic rings. The highest BCUT2D eigenvalue weighted by Gasteiger charge is 2.41. The summed E-state index contributed by atoms with van der Waals surface area (Å²) in [6.07, 6.45) is 0. The molecule has 1 N–H and O–H groups in total. The number of benzene rings is 3. The second-order valence-corrected chi connectivity index (χ2v) is 6.91. The number of anilines is 2. The zero-order valence-corrected chi connectivity index (χ0v) is 16.0. The van der Waals surface area contributed by atoms with Crippen molar-refractivity contribution in [2.45, 2.75) is 6.92 Å². The molecule has 1 aliphatic heterocycles. The number of hydrogen-bond donors (Lipinski definition) is 1. The van der Waals surface area contributed by atoms with E-state index < -0.39 is 40.8 Å². The van der Waals surface area contributed by atoms with E-state index in [2.05, 4.69) is 5.32 Å². The van der Waals surface area contributed by atoms with Crippen molar-refractivity contribution in [1.29, 1.82) is 0 Å². The van der Waals surface area contributed by atoms with Gasteiger partial charge >= 0.3 is 0 Å². The van der Waals surface area contributed by atoms with Crippen molar-refractivity contribution in [1.82, 2.24) is 0 Å². The van der Waals surface area contributed by atoms with Crippen LogP contribution in [-0.2, 0) is 9.59 Å². The van der Waals surface area contributed by atoms with Gasteiger partial charge in [0.2, 0.25) is 0 Å². The molecule has 156 valence electrons. The summed E-state index contributed by atoms with van der Waals surface area (Å²) in [6.45, 7) is 1.83. The van der Waals surface area contributed by atoms with Crippen LogP contribution in [0.2, 0.25) is 0 Å². The van der Waals surface area contributed by atoms with E-state index in [9.17, 15) is 27.2 Å². The Kier molecular flexibility index (Phi) is 5.06. The average molecular weight is 426 g/mol. The molecule has 0 fully saturated rings. The third-order valence-electron chi connectivity index (χ3n) is 4.76. The van der Waals surface area contributed by atoms with Crippen molar-refractivity contribution in [3.63, 3.8) is 0 Å². The van der Waals surface area contributed by atoms with E-state index in [1.54, 1.807) is 24.3 Å². The summed E-state index contributed by atoms with van der Waals surface area (Å²) in [7, 11) is 0. The Balaban J connectivity index is 1.84. The van der Waals surface area contributed by atoms with Gasteiger partial charge in [-0.25, -0.2) is 22.5 Å². The fraction of sp³-hybridized carbons (Fsp3) is 0.0435. The number of aryl methyl sites for hydroxylation is 1. The Morgan fingerprint density at radius 3 is 2.10 bits per heavy atom. The highest BCUT2D eigenvalue weighted by atomic mass is 19.2. The van der Waals surface area contributed by atoms with E-state index in [1.165, 1.54) is 6.07 Å². The zero-order valence-electron chi connectivity index (χ0n) is 16.0. The van der Waals surface area contributed by atoms with E-state index in [0.717, 1.165) is 29.8 Å². The molecule has 0 unspecified atom stereocenters. The van der Waals surface area contributed by atoms with Crippen LogP contribution in [-0.4, -0.2) is 11.8 Å². The van der Waals surface area contributed by atoms with Crippen LogP contribution in [0.15, 0.2) is 66.4 Å². The van der Waals surface area contributed by atoms with Crippen molar-refractivity contribution in [2.75, 3.05) is 10.2 Å². The molecular weight excluding hydrogens is 412 g/mol. The number of halogens is 4. The molecule has 0 saturated heterocycles. The lowest BCUT2D eigenvalue weighted by Crippen LogP contribution is -2.33. The summed E-state index contributed by atoms with van der Waals surface area (Å²) in [4.78, 5) is 26.9. The molecule has 3 aromatic carbocycles. The molecule has 4 rings (SSSR count). The Labute approximate surface area is 174 Å². The lowest BCUT2D eigenvalue weighted by Gasteiger charge is -2.16. The van der Waals surface area contributed by atoms with Crippen LogP contribution in [0.25, 0.3) is 5.57 Å². The van der Waals surface area contributed by atoms with Gasteiger partial charge < -0.3 is 5.32 Å². The van der Waals surface area contributed by atoms with Crippen molar-refractivity contribution in [2.24, 2.45) is 0 Å². The van der Waals surface area contributed by atoms with Crippen LogP contribution >= 0.6 is 0 Å². The number of carbonyl (C=O) groups is 2. The van der Waals surface area contributed by atoms with Gasteiger partial charge in [-0.05, 0) is 36.8 Å². The topological polar surface area (TPSA) is 49.4 Å². The quantitative estimate of drug-likeness (QED) is 0.475. The zero-order chi connectivity index (χ0) is 22.3. The van der Waals surface area contributed by atoms with E-state index >= 15 is 0 Å². The lowest BCUT2D eigenvalue weighted by molar-refractivity contribution is -0.120. The van der Waals surface area contributed by atoms with E-state index in [0.29, 0.717) is 16.5 Å². The average Bonchev–Trinajstić information content (AvgIpc) is 2.96. The van der Waals surface area contributed by atoms with Gasteiger partial charge in [0.25, 0.3) is 11.8 Å². The SMILES string of the molecule is Cc1ccc(C2=C(Nc3ccc(F)c(F)c3)C(=O)N(c3ccc(F)cc3F)C2=O)cc1. The van der Waals surface area contributed by atoms with Crippen LogP contribution in [0.1, 0.15) is 11.1 Å². The van der Waals surface area contributed by atoms with Crippen molar-refractivity contribution in [3.8, 4) is 0 Å². The largest absolute Gasteiger partial charge is 0.350 e. The second-order valence-electron chi connectivity index (χ2n) is 6.91. The summed E-state index contributed by atoms with van der Waals surface area (Å²) in [6, 6.07) is 12.0. The maximum absolute atomic E-state index is 14.4.